The van der Waals surface area contributed by atoms with Gasteiger partial charge in [0.05, 0.1) is 0 Å². The van der Waals surface area contributed by atoms with Crippen LogP contribution in [0, 0.1) is 0 Å². The molecule has 0 aliphatic carbocycles. The van der Waals surface area contributed by atoms with Crippen molar-refractivity contribution in [3.63, 3.8) is 0 Å². The Morgan fingerprint density at radius 2 is 1.94 bits per heavy atom. The second-order valence-electron chi connectivity index (χ2n) is 5.17. The van der Waals surface area contributed by atoms with Crippen LogP contribution >= 0.6 is 0 Å². The Balaban J connectivity index is 2.65. The zero-order chi connectivity index (χ0) is 12.5. The van der Waals surface area contributed by atoms with Crippen LogP contribution < -0.4 is 5.73 Å². The van der Waals surface area contributed by atoms with Crippen molar-refractivity contribution in [3.8, 4) is 0 Å². The van der Waals surface area contributed by atoms with Gasteiger partial charge in [0.2, 0.25) is 0 Å². The number of para-hydroxylation sites is 1. The van der Waals surface area contributed by atoms with Crippen molar-refractivity contribution in [1.82, 2.24) is 0 Å². The number of fused-ring (bicyclic) bond motifs is 1. The highest BCUT2D eigenvalue weighted by atomic mass is 16.3. The van der Waals surface area contributed by atoms with E-state index in [1.54, 1.807) is 0 Å². The van der Waals surface area contributed by atoms with E-state index in [-0.39, 0.29) is 5.41 Å². The summed E-state index contributed by atoms with van der Waals surface area (Å²) in [7, 11) is 0. The summed E-state index contributed by atoms with van der Waals surface area (Å²) in [4.78, 5) is 0. The van der Waals surface area contributed by atoms with Crippen molar-refractivity contribution in [2.45, 2.75) is 39.0 Å². The fourth-order valence-corrected chi connectivity index (χ4v) is 2.57. The van der Waals surface area contributed by atoms with Gasteiger partial charge in [0.1, 0.15) is 11.3 Å². The number of aryl methyl sites for hydroxylation is 1. The number of hydrogen-bond donors (Lipinski definition) is 1. The van der Waals surface area contributed by atoms with Crippen molar-refractivity contribution in [3.05, 3.63) is 35.6 Å². The van der Waals surface area contributed by atoms with Crippen molar-refractivity contribution < 1.29 is 4.42 Å². The molecule has 0 bridgehead atoms. The molecule has 1 aromatic carbocycles. The van der Waals surface area contributed by atoms with Gasteiger partial charge >= 0.3 is 0 Å². The van der Waals surface area contributed by atoms with Crippen LogP contribution in [0.15, 0.2) is 28.7 Å². The normalized spacial score (nSPS) is 12.2. The Morgan fingerprint density at radius 3 is 2.59 bits per heavy atom. The Labute approximate surface area is 103 Å². The highest BCUT2D eigenvalue weighted by Gasteiger charge is 2.27. The third kappa shape index (κ3) is 2.09. The fourth-order valence-electron chi connectivity index (χ4n) is 2.57. The number of benzene rings is 1. The molecule has 1 heterocycles. The van der Waals surface area contributed by atoms with Crippen LogP contribution in [0.3, 0.4) is 0 Å². The first-order chi connectivity index (χ1) is 8.10. The molecule has 2 N–H and O–H groups in total. The molecule has 0 spiro atoms. The van der Waals surface area contributed by atoms with E-state index < -0.39 is 0 Å². The first-order valence-electron chi connectivity index (χ1n) is 6.31. The molecule has 0 unspecified atom stereocenters. The Kier molecular flexibility index (Phi) is 3.25. The van der Waals surface area contributed by atoms with Gasteiger partial charge in [0.25, 0.3) is 0 Å². The van der Waals surface area contributed by atoms with Gasteiger partial charge in [0, 0.05) is 17.4 Å². The summed E-state index contributed by atoms with van der Waals surface area (Å²) < 4.78 is 5.94. The van der Waals surface area contributed by atoms with E-state index in [2.05, 4.69) is 32.9 Å². The van der Waals surface area contributed by atoms with Gasteiger partial charge < -0.3 is 10.2 Å². The average Bonchev–Trinajstić information content (AvgIpc) is 2.67. The Hall–Kier alpha value is -1.28. The summed E-state index contributed by atoms with van der Waals surface area (Å²) in [6, 6.07) is 8.27. The van der Waals surface area contributed by atoms with Crippen LogP contribution in [-0.2, 0) is 11.8 Å². The van der Waals surface area contributed by atoms with Crippen molar-refractivity contribution in [2.24, 2.45) is 5.73 Å². The first-order valence-corrected chi connectivity index (χ1v) is 6.31. The smallest absolute Gasteiger partial charge is 0.134 e. The Morgan fingerprint density at radius 1 is 1.24 bits per heavy atom. The SMILES string of the molecule is CCc1oc2ccccc2c1C(C)(C)CCN. The quantitative estimate of drug-likeness (QED) is 0.872. The van der Waals surface area contributed by atoms with Crippen molar-refractivity contribution in [2.75, 3.05) is 6.54 Å². The van der Waals surface area contributed by atoms with E-state index in [1.807, 2.05) is 12.1 Å². The van der Waals surface area contributed by atoms with Crippen LogP contribution in [0.25, 0.3) is 11.0 Å². The lowest BCUT2D eigenvalue weighted by atomic mass is 9.79. The topological polar surface area (TPSA) is 39.2 Å². The lowest BCUT2D eigenvalue weighted by molar-refractivity contribution is 0.462. The predicted molar refractivity (Wildman–Crippen MR) is 72.3 cm³/mol. The minimum Gasteiger partial charge on any atom is -0.461 e. The molecule has 0 amide bonds. The first kappa shape index (κ1) is 12.2. The van der Waals surface area contributed by atoms with Crippen LogP contribution in [-0.4, -0.2) is 6.54 Å². The Bertz CT molecular complexity index is 511. The molecule has 0 atom stereocenters. The van der Waals surface area contributed by atoms with E-state index in [4.69, 9.17) is 10.2 Å². The highest BCUT2D eigenvalue weighted by molar-refractivity contribution is 5.83. The molecule has 2 heteroatoms. The largest absolute Gasteiger partial charge is 0.461 e. The molecular formula is C15H21NO. The molecule has 1 aromatic heterocycles. The third-order valence-corrected chi connectivity index (χ3v) is 3.44. The van der Waals surface area contributed by atoms with Gasteiger partial charge in [-0.15, -0.1) is 0 Å². The monoisotopic (exact) mass is 231 g/mol. The van der Waals surface area contributed by atoms with E-state index in [0.29, 0.717) is 6.54 Å². The molecule has 2 rings (SSSR count). The number of nitrogens with two attached hydrogens (primary N) is 1. The maximum atomic E-state index is 5.94. The summed E-state index contributed by atoms with van der Waals surface area (Å²) in [6.07, 6.45) is 1.90. The second-order valence-corrected chi connectivity index (χ2v) is 5.17. The maximum Gasteiger partial charge on any atom is 0.134 e. The predicted octanol–water partition coefficient (Wildman–Crippen LogP) is 3.62. The highest BCUT2D eigenvalue weighted by Crippen LogP contribution is 2.37. The molecular weight excluding hydrogens is 210 g/mol. The molecule has 2 nitrogen and oxygen atoms in total. The number of hydrogen-bond acceptors (Lipinski definition) is 2. The minimum atomic E-state index is 0.0761. The molecule has 0 aliphatic rings. The summed E-state index contributed by atoms with van der Waals surface area (Å²) in [6.45, 7) is 7.34. The van der Waals surface area contributed by atoms with Gasteiger partial charge in [-0.1, -0.05) is 39.0 Å². The molecule has 0 saturated carbocycles. The van der Waals surface area contributed by atoms with E-state index in [1.165, 1.54) is 10.9 Å². The second kappa shape index (κ2) is 4.53. The zero-order valence-electron chi connectivity index (χ0n) is 10.9. The molecule has 0 fully saturated rings. The lowest BCUT2D eigenvalue weighted by Crippen LogP contribution is -2.22. The van der Waals surface area contributed by atoms with Gasteiger partial charge in [0.15, 0.2) is 0 Å². The van der Waals surface area contributed by atoms with Gasteiger partial charge in [-0.3, -0.25) is 0 Å². The van der Waals surface area contributed by atoms with Crippen LogP contribution in [0.5, 0.6) is 0 Å². The molecule has 17 heavy (non-hydrogen) atoms. The molecule has 0 radical (unpaired) electrons. The molecule has 0 aliphatic heterocycles. The fraction of sp³-hybridized carbons (Fsp3) is 0.467. The standard InChI is InChI=1S/C15H21NO/c1-4-12-14(15(2,3)9-10-16)11-7-5-6-8-13(11)17-12/h5-8H,4,9-10,16H2,1-3H3. The molecule has 92 valence electrons. The summed E-state index contributed by atoms with van der Waals surface area (Å²) >= 11 is 0. The van der Waals surface area contributed by atoms with Gasteiger partial charge in [-0.05, 0) is 24.4 Å². The maximum absolute atomic E-state index is 5.94. The van der Waals surface area contributed by atoms with Gasteiger partial charge in [-0.25, -0.2) is 0 Å². The summed E-state index contributed by atoms with van der Waals surface area (Å²) in [5.74, 6) is 1.10. The van der Waals surface area contributed by atoms with E-state index in [0.717, 1.165) is 24.2 Å². The van der Waals surface area contributed by atoms with Crippen molar-refractivity contribution in [1.29, 1.82) is 0 Å². The van der Waals surface area contributed by atoms with E-state index in [9.17, 15) is 0 Å². The third-order valence-electron chi connectivity index (χ3n) is 3.44. The number of rotatable bonds is 4. The van der Waals surface area contributed by atoms with E-state index >= 15 is 0 Å². The summed E-state index contributed by atoms with van der Waals surface area (Å²) in [5, 5.41) is 1.24. The zero-order valence-corrected chi connectivity index (χ0v) is 10.9. The lowest BCUT2D eigenvalue weighted by Gasteiger charge is -2.24. The molecule has 2 aromatic rings. The average molecular weight is 231 g/mol. The minimum absolute atomic E-state index is 0.0761. The summed E-state index contributed by atoms with van der Waals surface area (Å²) in [5.41, 5.74) is 8.13. The number of furan rings is 1. The van der Waals surface area contributed by atoms with Crippen LogP contribution in [0.2, 0.25) is 0 Å². The van der Waals surface area contributed by atoms with Crippen LogP contribution in [0.4, 0.5) is 0 Å². The molecule has 0 saturated heterocycles. The van der Waals surface area contributed by atoms with Crippen molar-refractivity contribution >= 4 is 11.0 Å². The van der Waals surface area contributed by atoms with Crippen LogP contribution in [0.1, 0.15) is 38.5 Å². The van der Waals surface area contributed by atoms with Gasteiger partial charge in [-0.2, -0.15) is 0 Å².